The topological polar surface area (TPSA) is 80.5 Å². The highest BCUT2D eigenvalue weighted by Crippen LogP contribution is 2.20. The molecule has 1 aliphatic heterocycles. The summed E-state index contributed by atoms with van der Waals surface area (Å²) >= 11 is 0. The first-order valence-electron chi connectivity index (χ1n) is 5.97. The second-order valence-electron chi connectivity index (χ2n) is 4.28. The minimum Gasteiger partial charge on any atom is -0.453 e. The highest BCUT2D eigenvalue weighted by Gasteiger charge is 2.24. The van der Waals surface area contributed by atoms with Gasteiger partial charge in [0.05, 0.1) is 18.8 Å². The number of nitrogens with two attached hydrogens (primary N) is 1. The third-order valence-corrected chi connectivity index (χ3v) is 3.07. The number of carbonyl (C=O) groups excluding carboxylic acids is 1. The Morgan fingerprint density at radius 3 is 3.28 bits per heavy atom. The van der Waals surface area contributed by atoms with Crippen LogP contribution in [0.15, 0.2) is 18.3 Å². The Balaban J connectivity index is 1.97. The zero-order valence-electron chi connectivity index (χ0n) is 10.4. The molecule has 1 saturated heterocycles. The fraction of sp³-hybridized carbons (Fsp3) is 0.500. The van der Waals surface area contributed by atoms with Gasteiger partial charge in [0.2, 0.25) is 0 Å². The largest absolute Gasteiger partial charge is 0.453 e. The molecule has 0 bridgehead atoms. The van der Waals surface area contributed by atoms with Gasteiger partial charge >= 0.3 is 6.09 Å². The van der Waals surface area contributed by atoms with Crippen molar-refractivity contribution in [3.63, 3.8) is 0 Å². The fourth-order valence-electron chi connectivity index (χ4n) is 2.11. The van der Waals surface area contributed by atoms with E-state index < -0.39 is 0 Å². The zero-order valence-corrected chi connectivity index (χ0v) is 10.4. The molecule has 2 heterocycles. The lowest BCUT2D eigenvalue weighted by Gasteiger charge is -2.19. The van der Waals surface area contributed by atoms with Gasteiger partial charge in [0.1, 0.15) is 0 Å². The number of alkyl carbamates (subject to hydrolysis) is 1. The molecule has 0 saturated carbocycles. The van der Waals surface area contributed by atoms with Crippen LogP contribution in [0, 0.1) is 0 Å². The van der Waals surface area contributed by atoms with Crippen LogP contribution in [0.2, 0.25) is 0 Å². The highest BCUT2D eigenvalue weighted by molar-refractivity contribution is 5.67. The molecule has 3 N–H and O–H groups in total. The predicted molar refractivity (Wildman–Crippen MR) is 68.3 cm³/mol. The van der Waals surface area contributed by atoms with E-state index in [1.807, 2.05) is 12.1 Å². The third kappa shape index (κ3) is 2.89. The summed E-state index contributed by atoms with van der Waals surface area (Å²) in [4.78, 5) is 17.5. The first-order chi connectivity index (χ1) is 8.72. The molecular formula is C12H18N4O2. The van der Waals surface area contributed by atoms with Crippen molar-refractivity contribution in [2.75, 3.05) is 25.1 Å². The molecule has 1 amide bonds. The molecule has 1 aromatic rings. The molecule has 6 nitrogen and oxygen atoms in total. The van der Waals surface area contributed by atoms with Gasteiger partial charge in [-0.25, -0.2) is 4.79 Å². The molecule has 1 aromatic heterocycles. The van der Waals surface area contributed by atoms with Crippen molar-refractivity contribution in [3.8, 4) is 0 Å². The van der Waals surface area contributed by atoms with E-state index in [0.717, 1.165) is 30.9 Å². The van der Waals surface area contributed by atoms with Gasteiger partial charge in [-0.2, -0.15) is 0 Å². The fourth-order valence-corrected chi connectivity index (χ4v) is 2.11. The number of hydrogen-bond acceptors (Lipinski definition) is 5. The first-order valence-corrected chi connectivity index (χ1v) is 5.97. The Kier molecular flexibility index (Phi) is 3.99. The number of ether oxygens (including phenoxy) is 1. The van der Waals surface area contributed by atoms with E-state index in [0.29, 0.717) is 6.54 Å². The number of rotatable bonds is 3. The van der Waals surface area contributed by atoms with E-state index in [1.165, 1.54) is 7.11 Å². The van der Waals surface area contributed by atoms with Crippen molar-refractivity contribution in [1.29, 1.82) is 0 Å². The average Bonchev–Trinajstić information content (AvgIpc) is 2.87. The lowest BCUT2D eigenvalue weighted by atomic mass is 10.3. The van der Waals surface area contributed by atoms with Crippen LogP contribution in [-0.2, 0) is 11.3 Å². The van der Waals surface area contributed by atoms with Crippen molar-refractivity contribution >= 4 is 11.8 Å². The number of methoxy groups -OCH3 is 1. The van der Waals surface area contributed by atoms with E-state index in [4.69, 9.17) is 5.73 Å². The first kappa shape index (κ1) is 12.6. The Bertz CT molecular complexity index is 424. The van der Waals surface area contributed by atoms with Gasteiger partial charge < -0.3 is 20.7 Å². The summed E-state index contributed by atoms with van der Waals surface area (Å²) in [5.41, 5.74) is 7.54. The Hall–Kier alpha value is -1.82. The number of anilines is 1. The van der Waals surface area contributed by atoms with Crippen LogP contribution >= 0.6 is 0 Å². The lowest BCUT2D eigenvalue weighted by molar-refractivity contribution is 0.167. The maximum atomic E-state index is 11.1. The summed E-state index contributed by atoms with van der Waals surface area (Å²) < 4.78 is 4.59. The van der Waals surface area contributed by atoms with Crippen LogP contribution in [-0.4, -0.2) is 37.3 Å². The molecule has 1 aliphatic rings. The molecule has 1 fully saturated rings. The second kappa shape index (κ2) is 5.68. The van der Waals surface area contributed by atoms with Crippen LogP contribution in [0.3, 0.4) is 0 Å². The monoisotopic (exact) mass is 250 g/mol. The second-order valence-corrected chi connectivity index (χ2v) is 4.28. The quantitative estimate of drug-likeness (QED) is 0.815. The van der Waals surface area contributed by atoms with Crippen LogP contribution in [0.4, 0.5) is 10.5 Å². The molecule has 98 valence electrons. The minimum atomic E-state index is -0.376. The highest BCUT2D eigenvalue weighted by atomic mass is 16.5. The van der Waals surface area contributed by atoms with Gasteiger partial charge in [-0.1, -0.05) is 0 Å². The number of hydrogen-bond donors (Lipinski definition) is 2. The maximum Gasteiger partial charge on any atom is 0.407 e. The van der Waals surface area contributed by atoms with E-state index in [1.54, 1.807) is 6.20 Å². The molecule has 0 aromatic carbocycles. The third-order valence-electron chi connectivity index (χ3n) is 3.07. The van der Waals surface area contributed by atoms with Gasteiger partial charge in [0, 0.05) is 31.5 Å². The molecular weight excluding hydrogens is 232 g/mol. The minimum absolute atomic E-state index is 0.131. The number of nitrogens with zero attached hydrogens (tertiary/aromatic N) is 2. The summed E-state index contributed by atoms with van der Waals surface area (Å²) in [6.07, 6.45) is 2.30. The summed E-state index contributed by atoms with van der Waals surface area (Å²) in [6, 6.07) is 4.08. The van der Waals surface area contributed by atoms with Crippen LogP contribution < -0.4 is 16.0 Å². The van der Waals surface area contributed by atoms with Gasteiger partial charge in [0.25, 0.3) is 0 Å². The van der Waals surface area contributed by atoms with Crippen LogP contribution in [0.1, 0.15) is 12.1 Å². The molecule has 0 radical (unpaired) electrons. The summed E-state index contributed by atoms with van der Waals surface area (Å²) in [6.45, 7) is 2.12. The maximum absolute atomic E-state index is 11.1. The van der Waals surface area contributed by atoms with Gasteiger partial charge in [-0.15, -0.1) is 0 Å². The average molecular weight is 250 g/mol. The van der Waals surface area contributed by atoms with E-state index in [9.17, 15) is 4.79 Å². The summed E-state index contributed by atoms with van der Waals surface area (Å²) in [7, 11) is 1.37. The normalized spacial score (nSPS) is 18.8. The SMILES string of the molecule is COC(=O)NC1CCN(c2ccnc(CN)c2)C1. The van der Waals surface area contributed by atoms with Crippen molar-refractivity contribution < 1.29 is 9.53 Å². The molecule has 0 spiro atoms. The Morgan fingerprint density at radius 1 is 1.72 bits per heavy atom. The molecule has 18 heavy (non-hydrogen) atoms. The van der Waals surface area contributed by atoms with E-state index >= 15 is 0 Å². The number of nitrogens with one attached hydrogen (secondary N) is 1. The zero-order chi connectivity index (χ0) is 13.0. The molecule has 2 rings (SSSR count). The Labute approximate surface area is 106 Å². The van der Waals surface area contributed by atoms with Crippen molar-refractivity contribution in [2.24, 2.45) is 5.73 Å². The van der Waals surface area contributed by atoms with E-state index in [-0.39, 0.29) is 12.1 Å². The molecule has 1 unspecified atom stereocenters. The molecule has 0 aliphatic carbocycles. The van der Waals surface area contributed by atoms with Crippen LogP contribution in [0.25, 0.3) is 0 Å². The van der Waals surface area contributed by atoms with Crippen molar-refractivity contribution in [1.82, 2.24) is 10.3 Å². The molecule has 1 atom stereocenters. The van der Waals surface area contributed by atoms with Gasteiger partial charge in [-0.3, -0.25) is 4.98 Å². The predicted octanol–water partition coefficient (Wildman–Crippen LogP) is 0.475. The summed E-state index contributed by atoms with van der Waals surface area (Å²) in [5, 5.41) is 2.81. The van der Waals surface area contributed by atoms with Crippen molar-refractivity contribution in [3.05, 3.63) is 24.0 Å². The molecule has 6 heteroatoms. The number of amides is 1. The van der Waals surface area contributed by atoms with Crippen molar-refractivity contribution in [2.45, 2.75) is 19.0 Å². The van der Waals surface area contributed by atoms with Gasteiger partial charge in [0.15, 0.2) is 0 Å². The lowest BCUT2D eigenvalue weighted by Crippen LogP contribution is -2.36. The van der Waals surface area contributed by atoms with Crippen LogP contribution in [0.5, 0.6) is 0 Å². The summed E-state index contributed by atoms with van der Waals surface area (Å²) in [5.74, 6) is 0. The smallest absolute Gasteiger partial charge is 0.407 e. The number of aromatic nitrogens is 1. The Morgan fingerprint density at radius 2 is 2.56 bits per heavy atom. The van der Waals surface area contributed by atoms with Gasteiger partial charge in [-0.05, 0) is 18.6 Å². The number of carbonyl (C=O) groups is 1. The number of pyridine rings is 1. The van der Waals surface area contributed by atoms with E-state index in [2.05, 4.69) is 19.9 Å². The standard InChI is InChI=1S/C12H18N4O2/c1-18-12(17)15-9-3-5-16(8-9)11-2-4-14-10(6-11)7-13/h2,4,6,9H,3,5,7-8,13H2,1H3,(H,15,17).